The molecule has 0 heterocycles. The molecular formula is C10H8FN3O. The zero-order valence-electron chi connectivity index (χ0n) is 7.81. The number of rotatable bonds is 2. The summed E-state index contributed by atoms with van der Waals surface area (Å²) in [5, 5.41) is 12.2. The van der Waals surface area contributed by atoms with Crippen LogP contribution in [0, 0.1) is 17.7 Å². The van der Waals surface area contributed by atoms with Crippen LogP contribution in [0.3, 0.4) is 0 Å². The van der Waals surface area contributed by atoms with Gasteiger partial charge in [0.05, 0.1) is 13.2 Å². The SMILES string of the molecule is [N-]=[N+]=NCC#Cc1cc(F)ccc1CO. The van der Waals surface area contributed by atoms with E-state index in [4.69, 9.17) is 10.6 Å². The second-order valence-corrected chi connectivity index (χ2v) is 2.65. The van der Waals surface area contributed by atoms with Gasteiger partial charge in [0.25, 0.3) is 0 Å². The minimum absolute atomic E-state index is 0.0257. The van der Waals surface area contributed by atoms with Crippen molar-refractivity contribution in [3.63, 3.8) is 0 Å². The number of aliphatic hydroxyl groups excluding tert-OH is 1. The first-order valence-electron chi connectivity index (χ1n) is 4.17. The number of aliphatic hydroxyl groups is 1. The molecule has 0 fully saturated rings. The monoisotopic (exact) mass is 205 g/mol. The van der Waals surface area contributed by atoms with Crippen LogP contribution in [-0.4, -0.2) is 11.7 Å². The molecule has 76 valence electrons. The predicted molar refractivity (Wildman–Crippen MR) is 53.2 cm³/mol. The number of hydrogen-bond acceptors (Lipinski definition) is 2. The highest BCUT2D eigenvalue weighted by molar-refractivity contribution is 5.41. The quantitative estimate of drug-likeness (QED) is 0.341. The molecule has 5 heteroatoms. The molecule has 0 aliphatic rings. The minimum atomic E-state index is -0.416. The second-order valence-electron chi connectivity index (χ2n) is 2.65. The summed E-state index contributed by atoms with van der Waals surface area (Å²) in [6, 6.07) is 3.95. The van der Waals surface area contributed by atoms with E-state index in [0.717, 1.165) is 0 Å². The Hall–Kier alpha value is -2.02. The van der Waals surface area contributed by atoms with Crippen molar-refractivity contribution in [2.24, 2.45) is 5.11 Å². The van der Waals surface area contributed by atoms with Gasteiger partial charge < -0.3 is 5.11 Å². The molecule has 15 heavy (non-hydrogen) atoms. The average molecular weight is 205 g/mol. The van der Waals surface area contributed by atoms with Crippen LogP contribution in [0.4, 0.5) is 4.39 Å². The summed E-state index contributed by atoms with van der Waals surface area (Å²) in [5.41, 5.74) is 8.95. The summed E-state index contributed by atoms with van der Waals surface area (Å²) in [6.45, 7) is -0.177. The number of azide groups is 1. The number of nitrogens with zero attached hydrogens (tertiary/aromatic N) is 3. The maximum absolute atomic E-state index is 12.8. The average Bonchev–Trinajstić information content (AvgIpc) is 2.25. The molecule has 0 atom stereocenters. The van der Waals surface area contributed by atoms with Crippen molar-refractivity contribution in [1.29, 1.82) is 0 Å². The van der Waals surface area contributed by atoms with Crippen molar-refractivity contribution in [2.45, 2.75) is 6.61 Å². The van der Waals surface area contributed by atoms with E-state index in [1.54, 1.807) is 0 Å². The summed E-state index contributed by atoms with van der Waals surface area (Å²) in [5.74, 6) is 4.76. The topological polar surface area (TPSA) is 69.0 Å². The molecule has 0 spiro atoms. The van der Waals surface area contributed by atoms with E-state index in [1.165, 1.54) is 18.2 Å². The van der Waals surface area contributed by atoms with Gasteiger partial charge in [-0.1, -0.05) is 23.0 Å². The van der Waals surface area contributed by atoms with Crippen molar-refractivity contribution in [1.82, 2.24) is 0 Å². The van der Waals surface area contributed by atoms with Gasteiger partial charge in [0, 0.05) is 10.5 Å². The van der Waals surface area contributed by atoms with Crippen LogP contribution in [0.25, 0.3) is 10.4 Å². The summed E-state index contributed by atoms with van der Waals surface area (Å²) >= 11 is 0. The van der Waals surface area contributed by atoms with E-state index in [9.17, 15) is 4.39 Å². The van der Waals surface area contributed by atoms with E-state index in [1.807, 2.05) is 0 Å². The normalized spacial score (nSPS) is 8.67. The molecule has 0 radical (unpaired) electrons. The summed E-state index contributed by atoms with van der Waals surface area (Å²) in [4.78, 5) is 2.53. The third-order valence-electron chi connectivity index (χ3n) is 1.68. The van der Waals surface area contributed by atoms with Crippen LogP contribution in [0.15, 0.2) is 23.3 Å². The maximum atomic E-state index is 12.8. The first-order valence-corrected chi connectivity index (χ1v) is 4.17. The summed E-state index contributed by atoms with van der Waals surface area (Å²) in [6.07, 6.45) is 0. The van der Waals surface area contributed by atoms with Gasteiger partial charge in [0.15, 0.2) is 0 Å². The van der Waals surface area contributed by atoms with E-state index >= 15 is 0 Å². The van der Waals surface area contributed by atoms with E-state index < -0.39 is 5.82 Å². The Morgan fingerprint density at radius 3 is 3.00 bits per heavy atom. The molecule has 0 saturated heterocycles. The van der Waals surface area contributed by atoms with Crippen LogP contribution in [0.2, 0.25) is 0 Å². The maximum Gasteiger partial charge on any atom is 0.124 e. The lowest BCUT2D eigenvalue weighted by Crippen LogP contribution is -1.90. The smallest absolute Gasteiger partial charge is 0.124 e. The molecule has 0 bridgehead atoms. The van der Waals surface area contributed by atoms with Gasteiger partial charge in [0.2, 0.25) is 0 Å². The molecule has 1 N–H and O–H groups in total. The molecular weight excluding hydrogens is 197 g/mol. The molecule has 0 aliphatic carbocycles. The number of halogens is 1. The Morgan fingerprint density at radius 2 is 2.33 bits per heavy atom. The van der Waals surface area contributed by atoms with E-state index in [-0.39, 0.29) is 13.2 Å². The Balaban J connectivity index is 2.94. The fourth-order valence-electron chi connectivity index (χ4n) is 1.00. The lowest BCUT2D eigenvalue weighted by Gasteiger charge is -1.99. The van der Waals surface area contributed by atoms with Crippen LogP contribution >= 0.6 is 0 Å². The molecule has 0 aromatic heterocycles. The minimum Gasteiger partial charge on any atom is -0.392 e. The van der Waals surface area contributed by atoms with Crippen molar-refractivity contribution < 1.29 is 9.50 Å². The van der Waals surface area contributed by atoms with E-state index in [2.05, 4.69) is 21.9 Å². The molecule has 0 amide bonds. The van der Waals surface area contributed by atoms with Crippen LogP contribution in [0.1, 0.15) is 11.1 Å². The lowest BCUT2D eigenvalue weighted by molar-refractivity contribution is 0.281. The van der Waals surface area contributed by atoms with Gasteiger partial charge in [-0.25, -0.2) is 4.39 Å². The lowest BCUT2D eigenvalue weighted by atomic mass is 10.1. The molecule has 4 nitrogen and oxygen atoms in total. The molecule has 0 saturated carbocycles. The van der Waals surface area contributed by atoms with Crippen molar-refractivity contribution in [3.05, 3.63) is 45.6 Å². The van der Waals surface area contributed by atoms with Crippen molar-refractivity contribution >= 4 is 0 Å². The molecule has 0 aliphatic heterocycles. The summed E-state index contributed by atoms with van der Waals surface area (Å²) < 4.78 is 12.8. The fraction of sp³-hybridized carbons (Fsp3) is 0.200. The third kappa shape index (κ3) is 3.31. The van der Waals surface area contributed by atoms with Crippen molar-refractivity contribution in [2.75, 3.05) is 6.54 Å². The van der Waals surface area contributed by atoms with Gasteiger partial charge in [-0.05, 0) is 23.2 Å². The van der Waals surface area contributed by atoms with Gasteiger partial charge in [0.1, 0.15) is 5.82 Å². The largest absolute Gasteiger partial charge is 0.392 e. The zero-order chi connectivity index (χ0) is 11.1. The Labute approximate surface area is 86.0 Å². The van der Waals surface area contributed by atoms with Gasteiger partial charge >= 0.3 is 0 Å². The van der Waals surface area contributed by atoms with Crippen molar-refractivity contribution in [3.8, 4) is 11.8 Å². The highest BCUT2D eigenvalue weighted by atomic mass is 19.1. The first-order chi connectivity index (χ1) is 7.27. The molecule has 1 rings (SSSR count). The molecule has 0 unspecified atom stereocenters. The predicted octanol–water partition coefficient (Wildman–Crippen LogP) is 1.98. The zero-order valence-corrected chi connectivity index (χ0v) is 7.81. The van der Waals surface area contributed by atoms with Gasteiger partial charge in [-0.15, -0.1) is 0 Å². The van der Waals surface area contributed by atoms with Gasteiger partial charge in [-0.3, -0.25) is 0 Å². The fourth-order valence-corrected chi connectivity index (χ4v) is 1.00. The van der Waals surface area contributed by atoms with Crippen LogP contribution < -0.4 is 0 Å². The first kappa shape index (κ1) is 11.1. The molecule has 1 aromatic carbocycles. The Morgan fingerprint density at radius 1 is 1.53 bits per heavy atom. The Bertz CT molecular complexity index is 455. The van der Waals surface area contributed by atoms with Gasteiger partial charge in [-0.2, -0.15) is 0 Å². The van der Waals surface area contributed by atoms with Crippen LogP contribution in [0.5, 0.6) is 0 Å². The van der Waals surface area contributed by atoms with E-state index in [0.29, 0.717) is 11.1 Å². The second kappa shape index (κ2) is 5.66. The highest BCUT2D eigenvalue weighted by Crippen LogP contribution is 2.09. The third-order valence-corrected chi connectivity index (χ3v) is 1.68. The number of hydrogen-bond donors (Lipinski definition) is 1. The standard InChI is InChI=1S/C10H8FN3O/c11-10-4-3-9(7-15)8(6-10)2-1-5-13-14-12/h3-4,6,15H,5,7H2. The highest BCUT2D eigenvalue weighted by Gasteiger charge is 1.99. The molecule has 1 aromatic rings. The van der Waals surface area contributed by atoms with Crippen LogP contribution in [-0.2, 0) is 6.61 Å². The number of benzene rings is 1. The summed E-state index contributed by atoms with van der Waals surface area (Å²) in [7, 11) is 0. The Kier molecular flexibility index (Phi) is 4.17.